The monoisotopic (exact) mass is 302 g/mol. The fraction of sp³-hybridized carbons (Fsp3) is 0.214. The number of aliphatic carboxylic acids is 1. The van der Waals surface area contributed by atoms with Crippen molar-refractivity contribution in [3.63, 3.8) is 0 Å². The van der Waals surface area contributed by atoms with E-state index >= 15 is 0 Å². The van der Waals surface area contributed by atoms with Gasteiger partial charge in [-0.2, -0.15) is 0 Å². The molecule has 108 valence electrons. The first-order valence-electron chi connectivity index (χ1n) is 5.64. The van der Waals surface area contributed by atoms with E-state index in [4.69, 9.17) is 5.11 Å². The molecule has 0 bridgehead atoms. The maximum absolute atomic E-state index is 11.0. The van der Waals surface area contributed by atoms with Gasteiger partial charge in [0.15, 0.2) is 5.78 Å². The number of carbonyl (C=O) groups is 2. The van der Waals surface area contributed by atoms with Crippen LogP contribution in [0.1, 0.15) is 30.0 Å². The minimum atomic E-state index is -0.914. The molecule has 7 heteroatoms. The van der Waals surface area contributed by atoms with Crippen molar-refractivity contribution >= 4 is 11.8 Å². The first kappa shape index (κ1) is 21.7. The first-order chi connectivity index (χ1) is 9.29. The van der Waals surface area contributed by atoms with Gasteiger partial charge < -0.3 is 14.6 Å². The van der Waals surface area contributed by atoms with Crippen LogP contribution >= 0.6 is 0 Å². The average molecular weight is 302 g/mol. The smallest absolute Gasteiger partial charge is 0.872 e. The van der Waals surface area contributed by atoms with Gasteiger partial charge in [0.05, 0.1) is 5.56 Å². The van der Waals surface area contributed by atoms with Crippen LogP contribution in [0.3, 0.4) is 0 Å². The van der Waals surface area contributed by atoms with Crippen LogP contribution in [0.4, 0.5) is 0 Å². The topological polar surface area (TPSA) is 108 Å². The number of aryl methyl sites for hydroxylation is 1. The van der Waals surface area contributed by atoms with Crippen molar-refractivity contribution in [2.45, 2.75) is 20.8 Å². The molecule has 0 unspecified atom stereocenters. The van der Waals surface area contributed by atoms with Crippen molar-refractivity contribution in [3.05, 3.63) is 52.1 Å². The molecule has 0 radical (unpaired) electrons. The summed E-state index contributed by atoms with van der Waals surface area (Å²) < 4.78 is 4.57. The number of hydrogen-bond donors (Lipinski definition) is 1. The van der Waals surface area contributed by atoms with Crippen molar-refractivity contribution in [3.8, 4) is 5.75 Å². The molecule has 0 fully saturated rings. The van der Waals surface area contributed by atoms with E-state index in [1.165, 1.54) is 13.0 Å². The SMILES string of the molecule is C/C=C/C=C/C(=O)O.CC(=O)c1c([O-])cc(C)oc1=O.[Na+]. The van der Waals surface area contributed by atoms with Gasteiger partial charge in [0.1, 0.15) is 5.76 Å². The van der Waals surface area contributed by atoms with Crippen LogP contribution in [0.5, 0.6) is 5.75 Å². The Morgan fingerprint density at radius 1 is 1.33 bits per heavy atom. The van der Waals surface area contributed by atoms with E-state index in [0.29, 0.717) is 0 Å². The molecular weight excluding hydrogens is 287 g/mol. The molecule has 0 aliphatic carbocycles. The Morgan fingerprint density at radius 2 is 1.90 bits per heavy atom. The second kappa shape index (κ2) is 11.1. The Labute approximate surface area is 144 Å². The average Bonchev–Trinajstić information content (AvgIpc) is 2.27. The number of carbonyl (C=O) groups excluding carboxylic acids is 1. The van der Waals surface area contributed by atoms with E-state index in [0.717, 1.165) is 19.1 Å². The zero-order chi connectivity index (χ0) is 15.7. The van der Waals surface area contributed by atoms with Gasteiger partial charge in [0.2, 0.25) is 0 Å². The third-order valence-corrected chi connectivity index (χ3v) is 1.93. The summed E-state index contributed by atoms with van der Waals surface area (Å²) in [5.41, 5.74) is -1.26. The number of rotatable bonds is 3. The molecule has 1 aromatic rings. The zero-order valence-corrected chi connectivity index (χ0v) is 14.4. The summed E-state index contributed by atoms with van der Waals surface area (Å²) in [6.07, 6.45) is 5.98. The minimum absolute atomic E-state index is 0. The molecule has 0 saturated heterocycles. The van der Waals surface area contributed by atoms with Crippen LogP contribution in [0.2, 0.25) is 0 Å². The van der Waals surface area contributed by atoms with Crippen molar-refractivity contribution in [2.75, 3.05) is 0 Å². The number of carboxylic acids is 1. The van der Waals surface area contributed by atoms with E-state index < -0.39 is 28.7 Å². The first-order valence-corrected chi connectivity index (χ1v) is 5.64. The summed E-state index contributed by atoms with van der Waals surface area (Å²) in [6, 6.07) is 1.12. The summed E-state index contributed by atoms with van der Waals surface area (Å²) in [4.78, 5) is 31.4. The van der Waals surface area contributed by atoms with Crippen molar-refractivity contribution in [1.29, 1.82) is 0 Å². The molecule has 0 spiro atoms. The van der Waals surface area contributed by atoms with Gasteiger partial charge in [-0.3, -0.25) is 4.79 Å². The molecule has 0 atom stereocenters. The van der Waals surface area contributed by atoms with Gasteiger partial charge >= 0.3 is 41.2 Å². The van der Waals surface area contributed by atoms with Crippen LogP contribution in [0.15, 0.2) is 39.6 Å². The van der Waals surface area contributed by atoms with Gasteiger partial charge in [-0.05, 0) is 26.8 Å². The second-order valence-corrected chi connectivity index (χ2v) is 3.66. The summed E-state index contributed by atoms with van der Waals surface area (Å²) in [7, 11) is 0. The standard InChI is InChI=1S/C8H8O4.C6H8O2.Na/c1-4-3-6(10)7(5(2)9)8(11)12-4;1-2-3-4-5-6(7)8;/h3,10H,1-2H3;2-5H,1H3,(H,7,8);/q;;+1/p-1/b;3-2+,5-4+;. The van der Waals surface area contributed by atoms with Crippen molar-refractivity contribution in [2.24, 2.45) is 0 Å². The molecule has 6 nitrogen and oxygen atoms in total. The maximum atomic E-state index is 11.0. The molecule has 1 N–H and O–H groups in total. The molecule has 0 aliphatic rings. The summed E-state index contributed by atoms with van der Waals surface area (Å²) in [5.74, 6) is -1.83. The number of allylic oxidation sites excluding steroid dienone is 3. The van der Waals surface area contributed by atoms with Crippen molar-refractivity contribution in [1.82, 2.24) is 0 Å². The molecule has 1 aromatic heterocycles. The van der Waals surface area contributed by atoms with Gasteiger partial charge in [-0.1, -0.05) is 24.0 Å². The molecule has 0 amide bonds. The van der Waals surface area contributed by atoms with Crippen LogP contribution in [0.25, 0.3) is 0 Å². The van der Waals surface area contributed by atoms with Crippen LogP contribution < -0.4 is 40.3 Å². The third-order valence-electron chi connectivity index (χ3n) is 1.93. The van der Waals surface area contributed by atoms with Gasteiger partial charge in [0.25, 0.3) is 0 Å². The predicted octanol–water partition coefficient (Wildman–Crippen LogP) is -1.57. The zero-order valence-electron chi connectivity index (χ0n) is 12.4. The number of carboxylic acid groups (broad SMARTS) is 1. The summed E-state index contributed by atoms with van der Waals surface area (Å²) in [5, 5.41) is 19.0. The maximum Gasteiger partial charge on any atom is 1.00 e. The molecule has 1 heterocycles. The minimum Gasteiger partial charge on any atom is -0.872 e. The molecular formula is C14H15NaO6. The largest absolute Gasteiger partial charge is 1.00 e. The quantitative estimate of drug-likeness (QED) is 0.313. The van der Waals surface area contributed by atoms with E-state index in [9.17, 15) is 19.5 Å². The molecule has 21 heavy (non-hydrogen) atoms. The summed E-state index contributed by atoms with van der Waals surface area (Å²) in [6.45, 7) is 4.46. The molecule has 0 aliphatic heterocycles. The molecule has 0 aromatic carbocycles. The Hall–Kier alpha value is -1.63. The van der Waals surface area contributed by atoms with Gasteiger partial charge in [-0.25, -0.2) is 9.59 Å². The number of ketones is 1. The van der Waals surface area contributed by atoms with E-state index in [1.54, 1.807) is 12.2 Å². The van der Waals surface area contributed by atoms with E-state index in [2.05, 4.69) is 4.42 Å². The van der Waals surface area contributed by atoms with Crippen LogP contribution in [0, 0.1) is 6.92 Å². The normalized spacial score (nSPS) is 9.86. The van der Waals surface area contributed by atoms with Gasteiger partial charge in [0, 0.05) is 6.08 Å². The fourth-order valence-corrected chi connectivity index (χ4v) is 1.15. The number of Topliss-reactive ketones (excluding diaryl/α,β-unsaturated/α-hetero) is 1. The Bertz CT molecular complexity index is 598. The van der Waals surface area contributed by atoms with E-state index in [1.807, 2.05) is 6.92 Å². The Kier molecular flexibility index (Phi) is 11.4. The summed E-state index contributed by atoms with van der Waals surface area (Å²) >= 11 is 0. The predicted molar refractivity (Wildman–Crippen MR) is 70.8 cm³/mol. The Morgan fingerprint density at radius 3 is 2.29 bits per heavy atom. The van der Waals surface area contributed by atoms with Crippen LogP contribution in [-0.4, -0.2) is 16.9 Å². The van der Waals surface area contributed by atoms with Crippen molar-refractivity contribution < 1.29 is 53.8 Å². The second-order valence-electron chi connectivity index (χ2n) is 3.66. The number of hydrogen-bond acceptors (Lipinski definition) is 5. The molecule has 0 saturated carbocycles. The van der Waals surface area contributed by atoms with Crippen LogP contribution in [-0.2, 0) is 4.79 Å². The van der Waals surface area contributed by atoms with E-state index in [-0.39, 0.29) is 35.3 Å². The van der Waals surface area contributed by atoms with Gasteiger partial charge in [-0.15, -0.1) is 0 Å². The Balaban J connectivity index is 0. The third kappa shape index (κ3) is 9.01. The fourth-order valence-electron chi connectivity index (χ4n) is 1.15. The molecule has 1 rings (SSSR count).